The van der Waals surface area contributed by atoms with Crippen LogP contribution in [0.3, 0.4) is 0 Å². The highest BCUT2D eigenvalue weighted by atomic mass is 32.2. The van der Waals surface area contributed by atoms with E-state index in [1.54, 1.807) is 11.8 Å². The molecule has 0 fully saturated rings. The molecule has 0 atom stereocenters. The Morgan fingerprint density at radius 1 is 0.920 bits per heavy atom. The van der Waals surface area contributed by atoms with Gasteiger partial charge in [-0.1, -0.05) is 54.2 Å². The van der Waals surface area contributed by atoms with E-state index in [9.17, 15) is 0 Å². The summed E-state index contributed by atoms with van der Waals surface area (Å²) in [4.78, 5) is 13.9. The van der Waals surface area contributed by atoms with Gasteiger partial charge >= 0.3 is 0 Å². The largest absolute Gasteiger partial charge is 0.322 e. The predicted octanol–water partition coefficient (Wildman–Crippen LogP) is 4.48. The summed E-state index contributed by atoms with van der Waals surface area (Å²) < 4.78 is 2.17. The van der Waals surface area contributed by atoms with E-state index in [-0.39, 0.29) is 0 Å². The van der Waals surface area contributed by atoms with Crippen LogP contribution in [-0.4, -0.2) is 19.5 Å². The minimum atomic E-state index is 0.759. The highest BCUT2D eigenvalue weighted by Crippen LogP contribution is 2.23. The predicted molar refractivity (Wildman–Crippen MR) is 102 cm³/mol. The number of hydrogen-bond acceptors (Lipinski definition) is 4. The van der Waals surface area contributed by atoms with Crippen LogP contribution in [0, 0.1) is 6.92 Å². The topological polar surface area (TPSA) is 43.6 Å². The quantitative estimate of drug-likeness (QED) is 0.500. The summed E-state index contributed by atoms with van der Waals surface area (Å²) in [7, 11) is 0. The zero-order valence-corrected chi connectivity index (χ0v) is 14.8. The molecule has 0 aliphatic carbocycles. The zero-order valence-electron chi connectivity index (χ0n) is 14.0. The van der Waals surface area contributed by atoms with Gasteiger partial charge in [-0.25, -0.2) is 15.0 Å². The molecule has 0 unspecified atom stereocenters. The highest BCUT2D eigenvalue weighted by Gasteiger charge is 2.09. The van der Waals surface area contributed by atoms with Gasteiger partial charge in [-0.2, -0.15) is 0 Å². The normalized spacial score (nSPS) is 11.1. The Morgan fingerprint density at radius 2 is 1.64 bits per heavy atom. The molecule has 2 heterocycles. The summed E-state index contributed by atoms with van der Waals surface area (Å²) in [6, 6.07) is 18.4. The van der Waals surface area contributed by atoms with Crippen LogP contribution in [-0.2, 0) is 12.3 Å². The van der Waals surface area contributed by atoms with E-state index in [1.165, 1.54) is 5.56 Å². The summed E-state index contributed by atoms with van der Waals surface area (Å²) >= 11 is 1.70. The van der Waals surface area contributed by atoms with Crippen molar-refractivity contribution in [2.75, 3.05) is 0 Å². The molecule has 4 aromatic rings. The van der Waals surface area contributed by atoms with Crippen LogP contribution in [0.2, 0.25) is 0 Å². The summed E-state index contributed by atoms with van der Waals surface area (Å²) in [6.07, 6.45) is 3.87. The standard InChI is InChI=1S/C20H18N4S/c1-15-19(23-18-10-6-5-9-17(18)22-15)14-25-20-21-11-12-24(20)13-16-7-3-2-4-8-16/h2-12H,13-14H2,1H3. The SMILES string of the molecule is Cc1nc2ccccc2nc1CSc1nccn1Cc1ccccc1. The molecule has 4 rings (SSSR count). The second kappa shape index (κ2) is 7.07. The van der Waals surface area contributed by atoms with Crippen molar-refractivity contribution < 1.29 is 0 Å². The molecular weight excluding hydrogens is 328 g/mol. The summed E-state index contributed by atoms with van der Waals surface area (Å²) in [6.45, 7) is 2.84. The first-order valence-corrected chi connectivity index (χ1v) is 9.18. The van der Waals surface area contributed by atoms with E-state index in [1.807, 2.05) is 49.6 Å². The number of hydrogen-bond donors (Lipinski definition) is 0. The molecule has 5 heteroatoms. The van der Waals surface area contributed by atoms with E-state index < -0.39 is 0 Å². The Morgan fingerprint density at radius 3 is 2.44 bits per heavy atom. The van der Waals surface area contributed by atoms with Gasteiger partial charge < -0.3 is 4.57 Å². The van der Waals surface area contributed by atoms with Gasteiger partial charge in [0.15, 0.2) is 5.16 Å². The van der Waals surface area contributed by atoms with Crippen molar-refractivity contribution in [2.45, 2.75) is 24.4 Å². The number of benzene rings is 2. The van der Waals surface area contributed by atoms with Crippen LogP contribution in [0.5, 0.6) is 0 Å². The number of aromatic nitrogens is 4. The first kappa shape index (κ1) is 15.8. The van der Waals surface area contributed by atoms with Crippen LogP contribution >= 0.6 is 11.8 Å². The van der Waals surface area contributed by atoms with Gasteiger partial charge in [-0.05, 0) is 24.6 Å². The first-order chi connectivity index (χ1) is 12.3. The van der Waals surface area contributed by atoms with Gasteiger partial charge in [-0.15, -0.1) is 0 Å². The molecule has 124 valence electrons. The minimum Gasteiger partial charge on any atom is -0.322 e. The summed E-state index contributed by atoms with van der Waals surface area (Å²) in [5.74, 6) is 0.759. The maximum atomic E-state index is 4.77. The van der Waals surface area contributed by atoms with Crippen LogP contribution < -0.4 is 0 Å². The molecule has 25 heavy (non-hydrogen) atoms. The molecular formula is C20H18N4S. The summed E-state index contributed by atoms with van der Waals surface area (Å²) in [5.41, 5.74) is 5.14. The minimum absolute atomic E-state index is 0.759. The lowest BCUT2D eigenvalue weighted by Crippen LogP contribution is -2.01. The monoisotopic (exact) mass is 346 g/mol. The van der Waals surface area contributed by atoms with Gasteiger partial charge in [0.05, 0.1) is 22.4 Å². The number of rotatable bonds is 5. The van der Waals surface area contributed by atoms with Crippen molar-refractivity contribution in [3.05, 3.63) is 83.9 Å². The van der Waals surface area contributed by atoms with Gasteiger partial charge in [0, 0.05) is 24.7 Å². The van der Waals surface area contributed by atoms with Crippen molar-refractivity contribution in [1.82, 2.24) is 19.5 Å². The Balaban J connectivity index is 1.52. The van der Waals surface area contributed by atoms with Crippen molar-refractivity contribution in [3.8, 4) is 0 Å². The zero-order chi connectivity index (χ0) is 17.1. The second-order valence-corrected chi connectivity index (χ2v) is 6.80. The van der Waals surface area contributed by atoms with Gasteiger partial charge in [0.1, 0.15) is 0 Å². The Hall–Kier alpha value is -2.66. The van der Waals surface area contributed by atoms with E-state index in [4.69, 9.17) is 4.98 Å². The number of para-hydroxylation sites is 2. The third-order valence-corrected chi connectivity index (χ3v) is 5.07. The first-order valence-electron chi connectivity index (χ1n) is 8.20. The molecule has 0 spiro atoms. The number of nitrogens with zero attached hydrogens (tertiary/aromatic N) is 4. The van der Waals surface area contributed by atoms with Crippen molar-refractivity contribution in [2.24, 2.45) is 0 Å². The van der Waals surface area contributed by atoms with Gasteiger partial charge in [0.25, 0.3) is 0 Å². The molecule has 0 bridgehead atoms. The van der Waals surface area contributed by atoms with E-state index in [0.717, 1.165) is 39.9 Å². The smallest absolute Gasteiger partial charge is 0.168 e. The molecule has 0 amide bonds. The Kier molecular flexibility index (Phi) is 4.48. The van der Waals surface area contributed by atoms with Crippen molar-refractivity contribution in [1.29, 1.82) is 0 Å². The number of fused-ring (bicyclic) bond motifs is 1. The van der Waals surface area contributed by atoms with Gasteiger partial charge in [-0.3, -0.25) is 0 Å². The number of aryl methyl sites for hydroxylation is 1. The van der Waals surface area contributed by atoms with Crippen LogP contribution in [0.15, 0.2) is 72.1 Å². The molecule has 0 radical (unpaired) electrons. The summed E-state index contributed by atoms with van der Waals surface area (Å²) in [5, 5.41) is 0.998. The third kappa shape index (κ3) is 3.56. The highest BCUT2D eigenvalue weighted by molar-refractivity contribution is 7.98. The van der Waals surface area contributed by atoms with Crippen LogP contribution in [0.1, 0.15) is 17.0 Å². The molecule has 0 saturated carbocycles. The third-order valence-electron chi connectivity index (χ3n) is 4.05. The lowest BCUT2D eigenvalue weighted by molar-refractivity contribution is 0.708. The molecule has 0 saturated heterocycles. The average Bonchev–Trinajstić information content (AvgIpc) is 3.08. The average molecular weight is 346 g/mol. The molecule has 2 aromatic carbocycles. The Bertz CT molecular complexity index is 995. The van der Waals surface area contributed by atoms with E-state index >= 15 is 0 Å². The lowest BCUT2D eigenvalue weighted by Gasteiger charge is -2.09. The lowest BCUT2D eigenvalue weighted by atomic mass is 10.2. The molecule has 2 aromatic heterocycles. The van der Waals surface area contributed by atoms with E-state index in [2.05, 4.69) is 38.8 Å². The number of imidazole rings is 1. The number of thioether (sulfide) groups is 1. The fraction of sp³-hybridized carbons (Fsp3) is 0.150. The van der Waals surface area contributed by atoms with Crippen molar-refractivity contribution >= 4 is 22.8 Å². The fourth-order valence-corrected chi connectivity index (χ4v) is 3.70. The van der Waals surface area contributed by atoms with Crippen molar-refractivity contribution in [3.63, 3.8) is 0 Å². The molecule has 0 N–H and O–H groups in total. The second-order valence-electron chi connectivity index (χ2n) is 5.86. The Labute approximate surface area is 151 Å². The maximum absolute atomic E-state index is 4.77. The van der Waals surface area contributed by atoms with Crippen LogP contribution in [0.25, 0.3) is 11.0 Å². The molecule has 4 nitrogen and oxygen atoms in total. The molecule has 0 aliphatic rings. The molecule has 0 aliphatic heterocycles. The van der Waals surface area contributed by atoms with E-state index in [0.29, 0.717) is 0 Å². The van der Waals surface area contributed by atoms with Crippen LogP contribution in [0.4, 0.5) is 0 Å². The fourth-order valence-electron chi connectivity index (χ4n) is 2.73. The van der Waals surface area contributed by atoms with Gasteiger partial charge in [0.2, 0.25) is 0 Å². The maximum Gasteiger partial charge on any atom is 0.168 e.